The van der Waals surface area contributed by atoms with E-state index in [0.29, 0.717) is 5.52 Å². The van der Waals surface area contributed by atoms with Crippen LogP contribution in [0.25, 0.3) is 16.6 Å². The van der Waals surface area contributed by atoms with Crippen LogP contribution in [0.1, 0.15) is 19.2 Å². The van der Waals surface area contributed by atoms with Crippen LogP contribution in [0, 0.1) is 16.7 Å². The average Bonchev–Trinajstić information content (AvgIpc) is 2.89. The molecule has 1 saturated carbocycles. The van der Waals surface area contributed by atoms with Crippen molar-refractivity contribution in [3.63, 3.8) is 0 Å². The fourth-order valence-electron chi connectivity index (χ4n) is 2.31. The van der Waals surface area contributed by atoms with Crippen molar-refractivity contribution >= 4 is 45.8 Å². The number of nitrogens with zero attached hydrogens (tertiary/aromatic N) is 2. The lowest BCUT2D eigenvalue weighted by Gasteiger charge is -2.11. The number of alkyl halides is 2. The molecule has 3 rings (SSSR count). The van der Waals surface area contributed by atoms with E-state index < -0.39 is 28.1 Å². The molecule has 0 spiro atoms. The Balaban J connectivity index is 1.79. The largest absolute Gasteiger partial charge is 0.507 e. The summed E-state index contributed by atoms with van der Waals surface area (Å²) in [6.07, 6.45) is 0.279. The number of aliphatic hydroxyl groups excluding tert-OH is 1. The molecule has 0 amide bonds. The number of ether oxygens (including phenoxy) is 1. The number of nitriles is 1. The summed E-state index contributed by atoms with van der Waals surface area (Å²) in [6, 6.07) is 9.07. The highest BCUT2D eigenvalue weighted by atomic mass is 35.5. The number of hydrogen-bond acceptors (Lipinski definition) is 5. The van der Waals surface area contributed by atoms with Crippen molar-refractivity contribution in [2.24, 2.45) is 5.41 Å². The number of esters is 1. The van der Waals surface area contributed by atoms with Crippen LogP contribution in [0.5, 0.6) is 0 Å². The summed E-state index contributed by atoms with van der Waals surface area (Å²) in [6.45, 7) is 1.12. The second-order valence-corrected chi connectivity index (χ2v) is 7.31. The zero-order valence-corrected chi connectivity index (χ0v) is 14.1. The maximum absolute atomic E-state index is 12.0. The van der Waals surface area contributed by atoms with Gasteiger partial charge in [0.05, 0.1) is 11.0 Å². The van der Waals surface area contributed by atoms with Crippen LogP contribution in [-0.2, 0) is 9.53 Å². The molecule has 1 aliphatic carbocycles. The van der Waals surface area contributed by atoms with Gasteiger partial charge in [-0.1, -0.05) is 12.1 Å². The van der Waals surface area contributed by atoms with Gasteiger partial charge in [0.25, 0.3) is 0 Å². The molecule has 1 atom stereocenters. The van der Waals surface area contributed by atoms with Crippen LogP contribution in [0.4, 0.5) is 0 Å². The van der Waals surface area contributed by atoms with E-state index in [4.69, 9.17) is 27.9 Å². The van der Waals surface area contributed by atoms with Crippen molar-refractivity contribution in [2.75, 3.05) is 6.61 Å². The molecule has 0 saturated heterocycles. The minimum atomic E-state index is -1.15. The number of halogens is 2. The Kier molecular flexibility index (Phi) is 3.94. The number of carbonyl (C=O) groups excluding carboxylic acids is 1. The zero-order chi connectivity index (χ0) is 17.5. The van der Waals surface area contributed by atoms with E-state index in [2.05, 4.69) is 9.97 Å². The van der Waals surface area contributed by atoms with Crippen molar-refractivity contribution in [1.82, 2.24) is 9.97 Å². The molecular formula is C16H13Cl2N3O3. The number of H-pyrrole nitrogens is 1. The van der Waals surface area contributed by atoms with Gasteiger partial charge in [-0.25, -0.2) is 4.98 Å². The zero-order valence-electron chi connectivity index (χ0n) is 12.6. The second-order valence-electron chi connectivity index (χ2n) is 5.83. The van der Waals surface area contributed by atoms with Crippen LogP contribution in [0.2, 0.25) is 0 Å². The number of allylic oxidation sites excluding steroid dienone is 1. The summed E-state index contributed by atoms with van der Waals surface area (Å²) < 4.78 is 3.88. The van der Waals surface area contributed by atoms with Gasteiger partial charge in [0.1, 0.15) is 28.0 Å². The van der Waals surface area contributed by atoms with Crippen molar-refractivity contribution < 1.29 is 14.6 Å². The SMILES string of the molecule is C[C@]1(C(=O)OCC(O)=C(C#N)c2nc3ccccc3[nH]2)CC1(Cl)Cl. The van der Waals surface area contributed by atoms with Crippen LogP contribution >= 0.6 is 23.2 Å². The predicted molar refractivity (Wildman–Crippen MR) is 89.4 cm³/mol. The number of hydrogen-bond donors (Lipinski definition) is 2. The summed E-state index contributed by atoms with van der Waals surface area (Å²) in [5, 5.41) is 19.4. The molecular weight excluding hydrogens is 353 g/mol. The highest BCUT2D eigenvalue weighted by Gasteiger charge is 2.69. The van der Waals surface area contributed by atoms with Gasteiger partial charge < -0.3 is 14.8 Å². The number of aromatic amines is 1. The Morgan fingerprint density at radius 2 is 2.17 bits per heavy atom. The quantitative estimate of drug-likeness (QED) is 0.374. The fourth-order valence-corrected chi connectivity index (χ4v) is 3.00. The van der Waals surface area contributed by atoms with E-state index in [-0.39, 0.29) is 17.8 Å². The van der Waals surface area contributed by atoms with Crippen LogP contribution < -0.4 is 0 Å². The summed E-state index contributed by atoms with van der Waals surface area (Å²) >= 11 is 11.8. The molecule has 1 aliphatic rings. The minimum Gasteiger partial charge on any atom is -0.507 e. The molecule has 6 nitrogen and oxygen atoms in total. The van der Waals surface area contributed by atoms with Gasteiger partial charge in [-0.2, -0.15) is 5.26 Å². The molecule has 2 aromatic rings. The second kappa shape index (κ2) is 5.69. The molecule has 0 radical (unpaired) electrons. The number of aliphatic hydroxyl groups is 1. The lowest BCUT2D eigenvalue weighted by Crippen LogP contribution is -2.22. The molecule has 24 heavy (non-hydrogen) atoms. The van der Waals surface area contributed by atoms with Crippen molar-refractivity contribution in [3.8, 4) is 6.07 Å². The van der Waals surface area contributed by atoms with Gasteiger partial charge in [-0.15, -0.1) is 23.2 Å². The Bertz CT molecular complexity index is 864. The third kappa shape index (κ3) is 2.70. The van der Waals surface area contributed by atoms with E-state index in [1.807, 2.05) is 18.2 Å². The first-order valence-electron chi connectivity index (χ1n) is 7.11. The Labute approximate surface area is 147 Å². The summed E-state index contributed by atoms with van der Waals surface area (Å²) in [5.41, 5.74) is 0.292. The van der Waals surface area contributed by atoms with Crippen molar-refractivity contribution in [2.45, 2.75) is 17.7 Å². The first-order valence-corrected chi connectivity index (χ1v) is 7.86. The Morgan fingerprint density at radius 1 is 1.50 bits per heavy atom. The smallest absolute Gasteiger partial charge is 0.315 e. The van der Waals surface area contributed by atoms with Gasteiger partial charge in [-0.05, 0) is 19.1 Å². The Morgan fingerprint density at radius 3 is 2.75 bits per heavy atom. The minimum absolute atomic E-state index is 0.0945. The molecule has 1 aromatic heterocycles. The van der Waals surface area contributed by atoms with Gasteiger partial charge in [-0.3, -0.25) is 4.79 Å². The topological polar surface area (TPSA) is 99.0 Å². The van der Waals surface area contributed by atoms with Crippen molar-refractivity contribution in [3.05, 3.63) is 35.8 Å². The van der Waals surface area contributed by atoms with Gasteiger partial charge in [0.15, 0.2) is 11.6 Å². The van der Waals surface area contributed by atoms with Gasteiger partial charge >= 0.3 is 5.97 Å². The molecule has 8 heteroatoms. The first kappa shape index (κ1) is 16.6. The van der Waals surface area contributed by atoms with Crippen LogP contribution in [0.3, 0.4) is 0 Å². The number of rotatable bonds is 4. The molecule has 0 aliphatic heterocycles. The highest BCUT2D eigenvalue weighted by Crippen LogP contribution is 2.64. The number of fused-ring (bicyclic) bond motifs is 1. The normalized spacial score (nSPS) is 22.6. The van der Waals surface area contributed by atoms with Gasteiger partial charge in [0.2, 0.25) is 0 Å². The third-order valence-electron chi connectivity index (χ3n) is 4.07. The van der Waals surface area contributed by atoms with E-state index in [9.17, 15) is 15.2 Å². The average molecular weight is 366 g/mol. The monoisotopic (exact) mass is 365 g/mol. The summed E-state index contributed by atoms with van der Waals surface area (Å²) in [5.74, 6) is -0.821. The number of para-hydroxylation sites is 2. The number of benzene rings is 1. The number of imidazole rings is 1. The number of carbonyl (C=O) groups is 1. The maximum atomic E-state index is 12.0. The highest BCUT2D eigenvalue weighted by molar-refractivity contribution is 6.53. The first-order chi connectivity index (χ1) is 11.3. The molecule has 124 valence electrons. The number of nitrogens with one attached hydrogen (secondary N) is 1. The lowest BCUT2D eigenvalue weighted by atomic mass is 10.1. The van der Waals surface area contributed by atoms with E-state index in [0.717, 1.165) is 5.52 Å². The van der Waals surface area contributed by atoms with E-state index >= 15 is 0 Å². The van der Waals surface area contributed by atoms with Crippen LogP contribution in [-0.4, -0.2) is 32.0 Å². The maximum Gasteiger partial charge on any atom is 0.315 e. The van der Waals surface area contributed by atoms with Crippen LogP contribution in [0.15, 0.2) is 30.0 Å². The van der Waals surface area contributed by atoms with Crippen molar-refractivity contribution in [1.29, 1.82) is 5.26 Å². The fraction of sp³-hybridized carbons (Fsp3) is 0.312. The molecule has 1 heterocycles. The standard InChI is InChI=1S/C16H13Cl2N3O3/c1-15(8-16(15,17)18)14(23)24-7-12(22)9(6-19)13-20-10-4-2-3-5-11(10)21-13/h2-5,22H,7-8H2,1H3,(H,20,21)/t15-/m1/s1. The molecule has 1 fully saturated rings. The van der Waals surface area contributed by atoms with E-state index in [1.54, 1.807) is 19.1 Å². The van der Waals surface area contributed by atoms with Gasteiger partial charge in [0, 0.05) is 6.42 Å². The predicted octanol–water partition coefficient (Wildman–Crippen LogP) is 3.48. The molecule has 2 N–H and O–H groups in total. The summed E-state index contributed by atoms with van der Waals surface area (Å²) in [7, 11) is 0. The van der Waals surface area contributed by atoms with E-state index in [1.165, 1.54) is 0 Å². The lowest BCUT2D eigenvalue weighted by molar-refractivity contribution is -0.149. The number of aromatic nitrogens is 2. The third-order valence-corrected chi connectivity index (χ3v) is 5.18. The Hall–Kier alpha value is -2.23. The summed E-state index contributed by atoms with van der Waals surface area (Å²) in [4.78, 5) is 19.2. The molecule has 0 unspecified atom stereocenters. The molecule has 0 bridgehead atoms. The molecule has 1 aromatic carbocycles.